The molecule has 0 saturated heterocycles. The maximum absolute atomic E-state index is 10.2. The number of aliphatic hydroxyl groups is 1. The van der Waals surface area contributed by atoms with Gasteiger partial charge in [0.05, 0.1) is 19.6 Å². The van der Waals surface area contributed by atoms with Crippen molar-refractivity contribution in [1.82, 2.24) is 5.32 Å². The monoisotopic (exact) mass is 331 g/mol. The Bertz CT molecular complexity index is 616. The second kappa shape index (κ2) is 11.0. The number of methoxy groups -OCH3 is 1. The van der Waals surface area contributed by atoms with Gasteiger partial charge in [-0.1, -0.05) is 12.1 Å². The van der Waals surface area contributed by atoms with Crippen LogP contribution < -0.4 is 10.1 Å². The second-order valence-corrected chi connectivity index (χ2v) is 5.10. The number of aliphatic imine (C=N–C) groups is 1. The molecule has 0 radical (unpaired) electrons. The van der Waals surface area contributed by atoms with Crippen molar-refractivity contribution in [3.8, 4) is 11.8 Å². The van der Waals surface area contributed by atoms with E-state index in [4.69, 9.17) is 14.7 Å². The summed E-state index contributed by atoms with van der Waals surface area (Å²) in [5, 5.41) is 21.5. The van der Waals surface area contributed by atoms with Crippen LogP contribution in [0.1, 0.15) is 18.9 Å². The molecule has 2 unspecified atom stereocenters. The van der Waals surface area contributed by atoms with Crippen LogP contribution >= 0.6 is 0 Å². The molecule has 7 heteroatoms. The zero-order valence-corrected chi connectivity index (χ0v) is 13.7. The highest BCUT2D eigenvalue weighted by atomic mass is 16.5. The van der Waals surface area contributed by atoms with Crippen LogP contribution in [-0.4, -0.2) is 43.6 Å². The van der Waals surface area contributed by atoms with Gasteiger partial charge in [-0.3, -0.25) is 0 Å². The van der Waals surface area contributed by atoms with Crippen LogP contribution in [0.4, 0.5) is 0 Å². The maximum atomic E-state index is 10.2. The first-order chi connectivity index (χ1) is 11.6. The van der Waals surface area contributed by atoms with Gasteiger partial charge in [-0.05, 0) is 24.6 Å². The SMILES string of the molecule is COC(=Cc1ccc(OCC(O)CNC(C)CC#N)cc1)N=C=O. The predicted octanol–water partition coefficient (Wildman–Crippen LogP) is 1.60. The average molecular weight is 331 g/mol. The summed E-state index contributed by atoms with van der Waals surface area (Å²) in [5.41, 5.74) is 0.783. The largest absolute Gasteiger partial charge is 0.491 e. The lowest BCUT2D eigenvalue weighted by Gasteiger charge is -2.16. The van der Waals surface area contributed by atoms with E-state index in [0.29, 0.717) is 18.7 Å². The normalized spacial score (nSPS) is 13.3. The maximum Gasteiger partial charge on any atom is 0.243 e. The van der Waals surface area contributed by atoms with Gasteiger partial charge in [0.25, 0.3) is 0 Å². The van der Waals surface area contributed by atoms with Crippen molar-refractivity contribution >= 4 is 12.2 Å². The fraction of sp³-hybridized carbons (Fsp3) is 0.412. The Labute approximate surface area is 141 Å². The Morgan fingerprint density at radius 3 is 2.75 bits per heavy atom. The predicted molar refractivity (Wildman–Crippen MR) is 88.7 cm³/mol. The molecule has 1 rings (SSSR count). The number of rotatable bonds is 10. The summed E-state index contributed by atoms with van der Waals surface area (Å²) in [6.07, 6.45) is 2.72. The molecule has 0 spiro atoms. The molecule has 0 fully saturated rings. The van der Waals surface area contributed by atoms with Crippen LogP contribution in [0.2, 0.25) is 0 Å². The molecule has 0 bridgehead atoms. The smallest absolute Gasteiger partial charge is 0.243 e. The number of nitrogens with zero attached hydrogens (tertiary/aromatic N) is 2. The number of nitrogens with one attached hydrogen (secondary N) is 1. The van der Waals surface area contributed by atoms with E-state index >= 15 is 0 Å². The van der Waals surface area contributed by atoms with Crippen molar-refractivity contribution in [1.29, 1.82) is 5.26 Å². The van der Waals surface area contributed by atoms with E-state index < -0.39 is 6.10 Å². The minimum absolute atomic E-state index is 0.0275. The molecule has 2 N–H and O–H groups in total. The topological polar surface area (TPSA) is 104 Å². The number of hydrogen-bond donors (Lipinski definition) is 2. The van der Waals surface area contributed by atoms with E-state index in [1.807, 2.05) is 6.92 Å². The van der Waals surface area contributed by atoms with Crippen molar-refractivity contribution in [3.63, 3.8) is 0 Å². The molecule has 0 aliphatic rings. The van der Waals surface area contributed by atoms with E-state index in [-0.39, 0.29) is 18.5 Å². The summed E-state index contributed by atoms with van der Waals surface area (Å²) in [5.74, 6) is 0.765. The Morgan fingerprint density at radius 2 is 2.17 bits per heavy atom. The van der Waals surface area contributed by atoms with Crippen LogP contribution in [0, 0.1) is 11.3 Å². The molecule has 2 atom stereocenters. The third-order valence-electron chi connectivity index (χ3n) is 3.08. The zero-order valence-electron chi connectivity index (χ0n) is 13.7. The number of carbonyl (C=O) groups excluding carboxylic acids is 1. The lowest BCUT2D eigenvalue weighted by molar-refractivity contribution is 0.104. The minimum Gasteiger partial charge on any atom is -0.491 e. The summed E-state index contributed by atoms with van der Waals surface area (Å²) in [6.45, 7) is 2.37. The molecule has 0 heterocycles. The molecule has 128 valence electrons. The standard InChI is InChI=1S/C17H21N3O4/c1-13(7-8-18)19-10-15(22)11-24-16-5-3-14(4-6-16)9-17(23-2)20-12-21/h3-6,9,13,15,19,22H,7,10-11H2,1-2H3. The van der Waals surface area contributed by atoms with E-state index in [0.717, 1.165) is 5.56 Å². The first kappa shape index (κ1) is 19.4. The quantitative estimate of drug-likeness (QED) is 0.383. The summed E-state index contributed by atoms with van der Waals surface area (Å²) in [4.78, 5) is 13.6. The van der Waals surface area contributed by atoms with Crippen LogP contribution in [0.3, 0.4) is 0 Å². The minimum atomic E-state index is -0.673. The van der Waals surface area contributed by atoms with Crippen LogP contribution in [0.25, 0.3) is 6.08 Å². The molecule has 1 aromatic rings. The Hall–Kier alpha value is -2.65. The third-order valence-corrected chi connectivity index (χ3v) is 3.08. The van der Waals surface area contributed by atoms with Crippen molar-refractivity contribution in [2.24, 2.45) is 4.99 Å². The van der Waals surface area contributed by atoms with Gasteiger partial charge >= 0.3 is 0 Å². The summed E-state index contributed by atoms with van der Waals surface area (Å²) >= 11 is 0. The zero-order chi connectivity index (χ0) is 17.8. The first-order valence-electron chi connectivity index (χ1n) is 7.43. The Balaban J connectivity index is 2.47. The molecule has 0 aliphatic carbocycles. The summed E-state index contributed by atoms with van der Waals surface area (Å²) < 4.78 is 10.4. The molecule has 24 heavy (non-hydrogen) atoms. The van der Waals surface area contributed by atoms with Gasteiger partial charge in [0.15, 0.2) is 0 Å². The van der Waals surface area contributed by atoms with Crippen molar-refractivity contribution in [2.75, 3.05) is 20.3 Å². The molecule has 7 nitrogen and oxygen atoms in total. The summed E-state index contributed by atoms with van der Waals surface area (Å²) in [6, 6.07) is 9.11. The number of ether oxygens (including phenoxy) is 2. The van der Waals surface area contributed by atoms with Gasteiger partial charge in [0.1, 0.15) is 18.5 Å². The van der Waals surface area contributed by atoms with E-state index in [2.05, 4.69) is 16.4 Å². The highest BCUT2D eigenvalue weighted by Gasteiger charge is 2.08. The highest BCUT2D eigenvalue weighted by Crippen LogP contribution is 2.15. The molecular weight excluding hydrogens is 310 g/mol. The van der Waals surface area contributed by atoms with Crippen LogP contribution in [-0.2, 0) is 9.53 Å². The van der Waals surface area contributed by atoms with Gasteiger partial charge in [0, 0.05) is 18.7 Å². The molecule has 0 aromatic heterocycles. The Morgan fingerprint density at radius 1 is 1.46 bits per heavy atom. The molecule has 0 aliphatic heterocycles. The Kier molecular flexibility index (Phi) is 8.87. The number of nitriles is 1. The van der Waals surface area contributed by atoms with Gasteiger partial charge in [0.2, 0.25) is 12.0 Å². The van der Waals surface area contributed by atoms with Crippen molar-refractivity contribution < 1.29 is 19.4 Å². The van der Waals surface area contributed by atoms with Crippen LogP contribution in [0.15, 0.2) is 35.1 Å². The van der Waals surface area contributed by atoms with E-state index in [9.17, 15) is 9.90 Å². The van der Waals surface area contributed by atoms with Gasteiger partial charge in [-0.2, -0.15) is 5.26 Å². The van der Waals surface area contributed by atoms with Crippen molar-refractivity contribution in [3.05, 3.63) is 35.7 Å². The number of hydrogen-bond acceptors (Lipinski definition) is 7. The fourth-order valence-electron chi connectivity index (χ4n) is 1.78. The van der Waals surface area contributed by atoms with Gasteiger partial charge < -0.3 is 19.9 Å². The number of aliphatic hydroxyl groups excluding tert-OH is 1. The molecule has 1 aromatic carbocycles. The van der Waals surface area contributed by atoms with E-state index in [1.54, 1.807) is 30.3 Å². The van der Waals surface area contributed by atoms with Gasteiger partial charge in [-0.25, -0.2) is 4.79 Å². The van der Waals surface area contributed by atoms with Gasteiger partial charge in [-0.15, -0.1) is 4.99 Å². The fourth-order valence-corrected chi connectivity index (χ4v) is 1.78. The number of benzene rings is 1. The third kappa shape index (κ3) is 7.56. The molecular formula is C17H21N3O4. The summed E-state index contributed by atoms with van der Waals surface area (Å²) in [7, 11) is 1.41. The highest BCUT2D eigenvalue weighted by molar-refractivity contribution is 5.54. The molecule has 0 amide bonds. The average Bonchev–Trinajstić information content (AvgIpc) is 2.59. The van der Waals surface area contributed by atoms with E-state index in [1.165, 1.54) is 13.2 Å². The lowest BCUT2D eigenvalue weighted by atomic mass is 10.2. The van der Waals surface area contributed by atoms with Crippen molar-refractivity contribution in [2.45, 2.75) is 25.5 Å². The first-order valence-corrected chi connectivity index (χ1v) is 7.43. The second-order valence-electron chi connectivity index (χ2n) is 5.10. The molecule has 0 saturated carbocycles. The lowest BCUT2D eigenvalue weighted by Crippen LogP contribution is -2.36. The number of isocyanates is 1. The van der Waals surface area contributed by atoms with Crippen LogP contribution in [0.5, 0.6) is 5.75 Å².